The van der Waals surface area contributed by atoms with Crippen LogP contribution in [0.3, 0.4) is 0 Å². The molecule has 2 heteroatoms. The Hall–Kier alpha value is -7.42. The molecule has 11 rings (SSSR count). The van der Waals surface area contributed by atoms with Crippen LogP contribution in [-0.2, 0) is 0 Å². The predicted octanol–water partition coefficient (Wildman–Crippen LogP) is 14.5. The maximum absolute atomic E-state index is 2.40. The number of aromatic nitrogens is 2. The monoisotopic (exact) mass is 712 g/mol. The van der Waals surface area contributed by atoms with Crippen LogP contribution in [0.2, 0.25) is 0 Å². The van der Waals surface area contributed by atoms with E-state index in [0.717, 1.165) is 11.4 Å². The average Bonchev–Trinajstić information content (AvgIpc) is 3.79. The molecule has 0 radical (unpaired) electrons. The largest absolute Gasteiger partial charge is 0.309 e. The predicted molar refractivity (Wildman–Crippen MR) is 237 cm³/mol. The molecule has 0 saturated carbocycles. The molecule has 0 N–H and O–H groups in total. The number of hydrogen-bond donors (Lipinski definition) is 0. The third-order valence-corrected chi connectivity index (χ3v) is 11.3. The molecule has 9 aromatic carbocycles. The molecule has 0 aliphatic carbocycles. The number of benzene rings is 9. The van der Waals surface area contributed by atoms with E-state index < -0.39 is 0 Å². The number of para-hydroxylation sites is 2. The van der Waals surface area contributed by atoms with Crippen molar-refractivity contribution < 1.29 is 0 Å². The maximum atomic E-state index is 2.40. The van der Waals surface area contributed by atoms with Crippen LogP contribution in [0, 0.1) is 0 Å². The van der Waals surface area contributed by atoms with Crippen molar-refractivity contribution >= 4 is 43.6 Å². The Labute approximate surface area is 325 Å². The molecule has 0 bridgehead atoms. The third-order valence-electron chi connectivity index (χ3n) is 11.3. The molecule has 0 aliphatic heterocycles. The lowest BCUT2D eigenvalue weighted by Gasteiger charge is -2.09. The van der Waals surface area contributed by atoms with Gasteiger partial charge in [0.1, 0.15) is 0 Å². The van der Waals surface area contributed by atoms with Gasteiger partial charge >= 0.3 is 0 Å². The molecule has 2 heterocycles. The lowest BCUT2D eigenvalue weighted by atomic mass is 9.97. The van der Waals surface area contributed by atoms with Gasteiger partial charge in [0.15, 0.2) is 0 Å². The van der Waals surface area contributed by atoms with Gasteiger partial charge in [-0.05, 0) is 117 Å². The topological polar surface area (TPSA) is 9.86 Å². The van der Waals surface area contributed by atoms with Crippen molar-refractivity contribution in [2.75, 3.05) is 0 Å². The molecule has 2 nitrogen and oxygen atoms in total. The Morgan fingerprint density at radius 1 is 0.196 bits per heavy atom. The van der Waals surface area contributed by atoms with Gasteiger partial charge in [0.05, 0.1) is 22.1 Å². The SMILES string of the molecule is c1ccc(-c2ccc(-c3ccc4c(c3)c3cc(-c5ccc6c(c5)c5cc(-c7ccccc7)ccc5n6-c5ccccc5)ccc3n4-c3ccccc3)cc2)cc1. The summed E-state index contributed by atoms with van der Waals surface area (Å²) in [5, 5.41) is 4.97. The first kappa shape index (κ1) is 32.0. The minimum atomic E-state index is 1.16. The second-order valence-corrected chi connectivity index (χ2v) is 14.6. The van der Waals surface area contributed by atoms with Gasteiger partial charge in [-0.15, -0.1) is 0 Å². The fourth-order valence-electron chi connectivity index (χ4n) is 8.59. The summed E-state index contributed by atoms with van der Waals surface area (Å²) in [6.07, 6.45) is 0. The Morgan fingerprint density at radius 3 is 0.768 bits per heavy atom. The molecule has 0 amide bonds. The second-order valence-electron chi connectivity index (χ2n) is 14.6. The van der Waals surface area contributed by atoms with Crippen LogP contribution in [0.25, 0.3) is 99.5 Å². The van der Waals surface area contributed by atoms with E-state index in [2.05, 4.69) is 228 Å². The van der Waals surface area contributed by atoms with Gasteiger partial charge in [-0.25, -0.2) is 0 Å². The first-order valence-electron chi connectivity index (χ1n) is 19.3. The highest BCUT2D eigenvalue weighted by molar-refractivity contribution is 6.14. The standard InChI is InChI=1S/C54H36N2/c1-5-13-37(14-6-1)39-21-23-40(24-22-39)42-26-30-52-48(34-42)50-36-44(28-32-54(50)56(52)46-19-11-4-12-20-46)43-27-31-53-49(35-43)47-33-41(38-15-7-2-8-16-38)25-29-51(47)55(53)45-17-9-3-10-18-45/h1-36H. The van der Waals surface area contributed by atoms with E-state index >= 15 is 0 Å². The zero-order valence-electron chi connectivity index (χ0n) is 30.7. The van der Waals surface area contributed by atoms with E-state index in [1.807, 2.05) is 0 Å². The molecule has 0 unspecified atom stereocenters. The van der Waals surface area contributed by atoms with E-state index in [1.165, 1.54) is 88.1 Å². The van der Waals surface area contributed by atoms with E-state index in [9.17, 15) is 0 Å². The Balaban J connectivity index is 1.09. The van der Waals surface area contributed by atoms with Gasteiger partial charge in [0.2, 0.25) is 0 Å². The molecule has 0 aliphatic rings. The summed E-state index contributed by atoms with van der Waals surface area (Å²) in [4.78, 5) is 0. The fraction of sp³-hybridized carbons (Fsp3) is 0. The van der Waals surface area contributed by atoms with Crippen molar-refractivity contribution in [1.82, 2.24) is 9.13 Å². The van der Waals surface area contributed by atoms with Crippen molar-refractivity contribution in [2.24, 2.45) is 0 Å². The highest BCUT2D eigenvalue weighted by Gasteiger charge is 2.17. The molecule has 11 aromatic rings. The number of hydrogen-bond acceptors (Lipinski definition) is 0. The van der Waals surface area contributed by atoms with E-state index in [0.29, 0.717) is 0 Å². The molecule has 2 aromatic heterocycles. The van der Waals surface area contributed by atoms with Crippen molar-refractivity contribution in [1.29, 1.82) is 0 Å². The summed E-state index contributed by atoms with van der Waals surface area (Å²) in [5.41, 5.74) is 16.8. The van der Waals surface area contributed by atoms with E-state index in [4.69, 9.17) is 0 Å². The van der Waals surface area contributed by atoms with Gasteiger partial charge in [-0.2, -0.15) is 0 Å². The van der Waals surface area contributed by atoms with Crippen molar-refractivity contribution in [3.63, 3.8) is 0 Å². The smallest absolute Gasteiger partial charge is 0.0541 e. The Bertz CT molecular complexity index is 3190. The first-order valence-corrected chi connectivity index (χ1v) is 19.3. The molecular weight excluding hydrogens is 677 g/mol. The Kier molecular flexibility index (Phi) is 7.53. The van der Waals surface area contributed by atoms with Gasteiger partial charge in [0, 0.05) is 32.9 Å². The molecule has 0 fully saturated rings. The zero-order chi connectivity index (χ0) is 37.0. The number of fused-ring (bicyclic) bond motifs is 6. The lowest BCUT2D eigenvalue weighted by molar-refractivity contribution is 1.18. The van der Waals surface area contributed by atoms with Crippen molar-refractivity contribution in [2.45, 2.75) is 0 Å². The van der Waals surface area contributed by atoms with E-state index in [1.54, 1.807) is 0 Å². The van der Waals surface area contributed by atoms with E-state index in [-0.39, 0.29) is 0 Å². The van der Waals surface area contributed by atoms with Crippen LogP contribution in [-0.4, -0.2) is 9.13 Å². The van der Waals surface area contributed by atoms with Crippen LogP contribution in [0.15, 0.2) is 218 Å². The van der Waals surface area contributed by atoms with Crippen LogP contribution < -0.4 is 0 Å². The summed E-state index contributed by atoms with van der Waals surface area (Å²) < 4.78 is 4.80. The molecule has 0 spiro atoms. The minimum Gasteiger partial charge on any atom is -0.309 e. The molecule has 0 atom stereocenters. The summed E-state index contributed by atoms with van der Waals surface area (Å²) >= 11 is 0. The van der Waals surface area contributed by atoms with Gasteiger partial charge in [0.25, 0.3) is 0 Å². The average molecular weight is 713 g/mol. The molecule has 0 saturated heterocycles. The highest BCUT2D eigenvalue weighted by atomic mass is 15.0. The second kappa shape index (κ2) is 13.2. The number of nitrogens with zero attached hydrogens (tertiary/aromatic N) is 2. The first-order chi connectivity index (χ1) is 27.8. The van der Waals surface area contributed by atoms with Crippen LogP contribution in [0.5, 0.6) is 0 Å². The number of rotatable bonds is 6. The normalized spacial score (nSPS) is 11.6. The zero-order valence-corrected chi connectivity index (χ0v) is 30.7. The fourth-order valence-corrected chi connectivity index (χ4v) is 8.59. The van der Waals surface area contributed by atoms with Crippen LogP contribution in [0.4, 0.5) is 0 Å². The lowest BCUT2D eigenvalue weighted by Crippen LogP contribution is -1.93. The molecule has 262 valence electrons. The third kappa shape index (κ3) is 5.34. The quantitative estimate of drug-likeness (QED) is 0.162. The van der Waals surface area contributed by atoms with Gasteiger partial charge in [-0.1, -0.05) is 146 Å². The highest BCUT2D eigenvalue weighted by Crippen LogP contribution is 2.40. The summed E-state index contributed by atoms with van der Waals surface area (Å²) in [6.45, 7) is 0. The molecular formula is C54H36N2. The van der Waals surface area contributed by atoms with Crippen LogP contribution in [0.1, 0.15) is 0 Å². The van der Waals surface area contributed by atoms with Crippen molar-refractivity contribution in [3.05, 3.63) is 218 Å². The van der Waals surface area contributed by atoms with Crippen molar-refractivity contribution in [3.8, 4) is 55.9 Å². The van der Waals surface area contributed by atoms with Gasteiger partial charge < -0.3 is 9.13 Å². The summed E-state index contributed by atoms with van der Waals surface area (Å²) in [7, 11) is 0. The Morgan fingerprint density at radius 2 is 0.429 bits per heavy atom. The maximum Gasteiger partial charge on any atom is 0.0541 e. The molecule has 56 heavy (non-hydrogen) atoms. The van der Waals surface area contributed by atoms with Crippen LogP contribution >= 0.6 is 0 Å². The minimum absolute atomic E-state index is 1.16. The summed E-state index contributed by atoms with van der Waals surface area (Å²) in [5.74, 6) is 0. The summed E-state index contributed by atoms with van der Waals surface area (Å²) in [6, 6.07) is 79.4. The van der Waals surface area contributed by atoms with Gasteiger partial charge in [-0.3, -0.25) is 0 Å².